The van der Waals surface area contributed by atoms with Crippen LogP contribution in [0.15, 0.2) is 53.1 Å². The number of piperidine rings is 1. The van der Waals surface area contributed by atoms with E-state index < -0.39 is 6.04 Å². The molecule has 3 aliphatic rings. The first-order chi connectivity index (χ1) is 14.6. The van der Waals surface area contributed by atoms with Crippen molar-refractivity contribution < 1.29 is 9.59 Å². The normalized spacial score (nSPS) is 26.5. The molecule has 1 aliphatic heterocycles. The van der Waals surface area contributed by atoms with Crippen molar-refractivity contribution >= 4 is 38.6 Å². The van der Waals surface area contributed by atoms with E-state index in [0.717, 1.165) is 41.1 Å². The van der Waals surface area contributed by atoms with Crippen molar-refractivity contribution in [2.75, 3.05) is 0 Å². The minimum absolute atomic E-state index is 0.0185. The average molecular weight is 464 g/mol. The standard InChI is InChI=1S/C24H22BrN3O2/c25-16-9-14-7-8-26-22(14)18(12-16)24(30)28-20-10-15(20)11-21(28)23(29)27-19-6-5-13-3-1-2-4-17(13)19/h1-4,7-9,12,15,19-21,26H,5-6,10-11H2,(H,27,29)/t15-,19-,20-,21-/m1/s1. The fraction of sp³-hybridized carbons (Fsp3) is 0.333. The first-order valence-corrected chi connectivity index (χ1v) is 11.4. The number of aromatic amines is 1. The van der Waals surface area contributed by atoms with E-state index in [1.165, 1.54) is 11.1 Å². The lowest BCUT2D eigenvalue weighted by molar-refractivity contribution is -0.126. The van der Waals surface area contributed by atoms with E-state index >= 15 is 0 Å². The van der Waals surface area contributed by atoms with Crippen LogP contribution in [0.1, 0.15) is 46.8 Å². The highest BCUT2D eigenvalue weighted by Gasteiger charge is 2.56. The van der Waals surface area contributed by atoms with Gasteiger partial charge in [0.2, 0.25) is 5.91 Å². The molecule has 1 aromatic heterocycles. The van der Waals surface area contributed by atoms with Crippen LogP contribution in [-0.2, 0) is 11.2 Å². The summed E-state index contributed by atoms with van der Waals surface area (Å²) >= 11 is 3.52. The Morgan fingerprint density at radius 2 is 2.00 bits per heavy atom. The Hall–Kier alpha value is -2.60. The number of H-pyrrole nitrogens is 1. The molecule has 5 nitrogen and oxygen atoms in total. The molecule has 0 radical (unpaired) electrons. The number of amides is 2. The van der Waals surface area contributed by atoms with Crippen molar-refractivity contribution in [3.63, 3.8) is 0 Å². The van der Waals surface area contributed by atoms with Crippen LogP contribution in [0.5, 0.6) is 0 Å². The van der Waals surface area contributed by atoms with Gasteiger partial charge in [0.05, 0.1) is 17.1 Å². The fourth-order valence-electron chi connectivity index (χ4n) is 5.40. The van der Waals surface area contributed by atoms with Gasteiger partial charge in [-0.15, -0.1) is 0 Å². The number of rotatable bonds is 3. The van der Waals surface area contributed by atoms with Crippen LogP contribution < -0.4 is 5.32 Å². The second-order valence-electron chi connectivity index (χ2n) is 8.72. The highest BCUT2D eigenvalue weighted by molar-refractivity contribution is 9.10. The summed E-state index contributed by atoms with van der Waals surface area (Å²) in [5.74, 6) is 0.377. The van der Waals surface area contributed by atoms with Crippen LogP contribution in [0.25, 0.3) is 10.9 Å². The van der Waals surface area contributed by atoms with Crippen LogP contribution >= 0.6 is 15.9 Å². The number of hydrogen-bond acceptors (Lipinski definition) is 2. The van der Waals surface area contributed by atoms with Gasteiger partial charge < -0.3 is 15.2 Å². The Morgan fingerprint density at radius 3 is 2.90 bits per heavy atom. The molecule has 3 aromatic rings. The molecule has 4 atom stereocenters. The lowest BCUT2D eigenvalue weighted by Gasteiger charge is -2.28. The average Bonchev–Trinajstić information content (AvgIpc) is 3.10. The van der Waals surface area contributed by atoms with Crippen LogP contribution in [-0.4, -0.2) is 33.8 Å². The molecule has 2 heterocycles. The van der Waals surface area contributed by atoms with Gasteiger partial charge in [-0.3, -0.25) is 9.59 Å². The van der Waals surface area contributed by atoms with Gasteiger partial charge >= 0.3 is 0 Å². The van der Waals surface area contributed by atoms with Crippen molar-refractivity contribution in [1.29, 1.82) is 0 Å². The van der Waals surface area contributed by atoms with E-state index in [4.69, 9.17) is 0 Å². The van der Waals surface area contributed by atoms with Gasteiger partial charge in [-0.1, -0.05) is 40.2 Å². The summed E-state index contributed by atoms with van der Waals surface area (Å²) in [7, 11) is 0. The maximum absolute atomic E-state index is 13.6. The Morgan fingerprint density at radius 1 is 1.13 bits per heavy atom. The van der Waals surface area contributed by atoms with E-state index in [1.54, 1.807) is 0 Å². The maximum atomic E-state index is 13.6. The van der Waals surface area contributed by atoms with Crippen LogP contribution in [0.2, 0.25) is 0 Å². The Balaban J connectivity index is 1.28. The monoisotopic (exact) mass is 463 g/mol. The van der Waals surface area contributed by atoms with Crippen molar-refractivity contribution in [1.82, 2.24) is 15.2 Å². The molecule has 2 aromatic carbocycles. The third kappa shape index (κ3) is 2.81. The highest BCUT2D eigenvalue weighted by atomic mass is 79.9. The minimum atomic E-state index is -0.391. The molecule has 6 rings (SSSR count). The van der Waals surface area contributed by atoms with Crippen LogP contribution in [0.4, 0.5) is 0 Å². The zero-order valence-corrected chi connectivity index (χ0v) is 18.0. The minimum Gasteiger partial charge on any atom is -0.361 e. The van der Waals surface area contributed by atoms with Gasteiger partial charge in [0.15, 0.2) is 0 Å². The van der Waals surface area contributed by atoms with Crippen molar-refractivity contribution in [2.24, 2.45) is 5.92 Å². The lowest BCUT2D eigenvalue weighted by atomic mass is 10.1. The molecule has 6 heteroatoms. The van der Waals surface area contributed by atoms with Gasteiger partial charge in [-0.05, 0) is 60.9 Å². The molecule has 2 N–H and O–H groups in total. The van der Waals surface area contributed by atoms with Crippen molar-refractivity contribution in [2.45, 2.75) is 43.8 Å². The Kier molecular flexibility index (Phi) is 4.07. The molecule has 1 saturated heterocycles. The number of aryl methyl sites for hydroxylation is 1. The molecule has 30 heavy (non-hydrogen) atoms. The number of fused-ring (bicyclic) bond motifs is 3. The number of nitrogens with one attached hydrogen (secondary N) is 2. The zero-order chi connectivity index (χ0) is 20.4. The SMILES string of the molecule is O=C(N[C@@H]1CCc2ccccc21)[C@H]1C[C@H]2C[C@H]2N1C(=O)c1cc(Br)cc2cc[nH]c12. The van der Waals surface area contributed by atoms with Crippen LogP contribution in [0, 0.1) is 5.92 Å². The summed E-state index contributed by atoms with van der Waals surface area (Å²) in [4.78, 5) is 31.9. The maximum Gasteiger partial charge on any atom is 0.256 e. The Bertz CT molecular complexity index is 1190. The quantitative estimate of drug-likeness (QED) is 0.606. The number of carbonyl (C=O) groups excluding carboxylic acids is 2. The fourth-order valence-corrected chi connectivity index (χ4v) is 5.88. The van der Waals surface area contributed by atoms with E-state index in [1.807, 2.05) is 41.4 Å². The number of benzene rings is 2. The molecule has 1 saturated carbocycles. The molecular weight excluding hydrogens is 442 g/mol. The summed E-state index contributed by atoms with van der Waals surface area (Å²) in [6.07, 6.45) is 5.53. The number of likely N-dealkylation sites (tertiary alicyclic amines) is 1. The van der Waals surface area contributed by atoms with E-state index in [9.17, 15) is 9.59 Å². The predicted molar refractivity (Wildman–Crippen MR) is 118 cm³/mol. The molecule has 2 fully saturated rings. The first-order valence-electron chi connectivity index (χ1n) is 10.6. The topological polar surface area (TPSA) is 65.2 Å². The lowest BCUT2D eigenvalue weighted by Crippen LogP contribution is -2.48. The summed E-state index contributed by atoms with van der Waals surface area (Å²) in [5.41, 5.74) is 3.98. The molecular formula is C24H22BrN3O2. The predicted octanol–water partition coefficient (Wildman–Crippen LogP) is 4.34. The van der Waals surface area contributed by atoms with Crippen molar-refractivity contribution in [3.05, 3.63) is 69.8 Å². The van der Waals surface area contributed by atoms with Gasteiger partial charge in [0.25, 0.3) is 5.91 Å². The molecule has 0 spiro atoms. The van der Waals surface area contributed by atoms with E-state index in [-0.39, 0.29) is 23.9 Å². The molecule has 152 valence electrons. The Labute approximate surface area is 183 Å². The second-order valence-corrected chi connectivity index (χ2v) is 9.64. The van der Waals surface area contributed by atoms with Gasteiger partial charge in [-0.25, -0.2) is 0 Å². The molecule has 2 amide bonds. The number of hydrogen-bond donors (Lipinski definition) is 2. The van der Waals surface area contributed by atoms with E-state index in [2.05, 4.69) is 38.4 Å². The summed E-state index contributed by atoms with van der Waals surface area (Å²) in [6, 6.07) is 14.0. The van der Waals surface area contributed by atoms with E-state index in [0.29, 0.717) is 11.5 Å². The molecule has 0 unspecified atom stereocenters. The third-order valence-electron chi connectivity index (χ3n) is 6.95. The third-order valence-corrected chi connectivity index (χ3v) is 7.40. The van der Waals surface area contributed by atoms with Gasteiger partial charge in [0.1, 0.15) is 6.04 Å². The summed E-state index contributed by atoms with van der Waals surface area (Å²) < 4.78 is 0.869. The number of halogens is 1. The summed E-state index contributed by atoms with van der Waals surface area (Å²) in [5, 5.41) is 4.24. The van der Waals surface area contributed by atoms with Gasteiger partial charge in [0, 0.05) is 22.1 Å². The summed E-state index contributed by atoms with van der Waals surface area (Å²) in [6.45, 7) is 0. The van der Waals surface area contributed by atoms with Gasteiger partial charge in [-0.2, -0.15) is 0 Å². The largest absolute Gasteiger partial charge is 0.361 e. The molecule has 2 aliphatic carbocycles. The highest BCUT2D eigenvalue weighted by Crippen LogP contribution is 2.49. The smallest absolute Gasteiger partial charge is 0.256 e. The van der Waals surface area contributed by atoms with Crippen LogP contribution in [0.3, 0.4) is 0 Å². The number of nitrogens with zero attached hydrogens (tertiary/aromatic N) is 1. The van der Waals surface area contributed by atoms with Crippen molar-refractivity contribution in [3.8, 4) is 0 Å². The number of carbonyl (C=O) groups is 2. The first kappa shape index (κ1) is 18.2. The zero-order valence-electron chi connectivity index (χ0n) is 16.4. The second kappa shape index (κ2) is 6.71. The molecule has 0 bridgehead atoms. The number of aromatic nitrogens is 1.